The molecule has 0 N–H and O–H groups in total. The first-order valence-electron chi connectivity index (χ1n) is 17.5. The maximum atomic E-state index is 15.4. The fraction of sp³-hybridized carbons (Fsp3) is 0.263. The molecule has 0 bridgehead atoms. The van der Waals surface area contributed by atoms with Gasteiger partial charge in [-0.1, -0.05) is 22.4 Å². The molecule has 0 saturated carbocycles. The summed E-state index contributed by atoms with van der Waals surface area (Å²) in [5.41, 5.74) is -7.20. The van der Waals surface area contributed by atoms with E-state index in [0.29, 0.717) is 0 Å². The van der Waals surface area contributed by atoms with Crippen LogP contribution in [0.1, 0.15) is 77.9 Å². The molecule has 0 radical (unpaired) electrons. The van der Waals surface area contributed by atoms with Gasteiger partial charge in [-0.2, -0.15) is 4.36 Å². The number of oxime groups is 2. The van der Waals surface area contributed by atoms with Crippen molar-refractivity contribution in [2.45, 2.75) is 63.0 Å². The van der Waals surface area contributed by atoms with Crippen LogP contribution in [0, 0.1) is 43.5 Å². The Bertz CT molecular complexity index is 2710. The van der Waals surface area contributed by atoms with Crippen LogP contribution in [0.25, 0.3) is 0 Å². The number of hydrogen-bond acceptors (Lipinski definition) is 12. The molecule has 16 nitrogen and oxygen atoms in total. The Labute approximate surface area is 344 Å². The predicted molar refractivity (Wildman–Crippen MR) is 211 cm³/mol. The van der Waals surface area contributed by atoms with Gasteiger partial charge >= 0.3 is 0 Å². The first kappa shape index (κ1) is 45.6. The number of halogens is 5. The lowest BCUT2D eigenvalue weighted by molar-refractivity contribution is -0.385. The van der Waals surface area contributed by atoms with E-state index in [2.05, 4.69) is 19.0 Å². The lowest BCUT2D eigenvalue weighted by Crippen LogP contribution is -2.26. The first-order valence-corrected chi connectivity index (χ1v) is 20.8. The van der Waals surface area contributed by atoms with Crippen molar-refractivity contribution in [1.29, 1.82) is 0 Å². The molecular weight excluding hydrogens is 860 g/mol. The van der Waals surface area contributed by atoms with Crippen LogP contribution < -0.4 is 0 Å². The number of nitro groups is 2. The molecule has 61 heavy (non-hydrogen) atoms. The lowest BCUT2D eigenvalue weighted by Gasteiger charge is -2.17. The summed E-state index contributed by atoms with van der Waals surface area (Å²) in [5, 5.41) is 28.3. The fourth-order valence-electron chi connectivity index (χ4n) is 5.49. The normalized spacial score (nSPS) is 17.3. The number of non-ortho nitro benzene ring substituents is 2. The summed E-state index contributed by atoms with van der Waals surface area (Å²) in [7, 11) is -8.19. The largest absolute Gasteiger partial charge is 0.389 e. The average molecular weight is 893 g/mol. The van der Waals surface area contributed by atoms with Crippen molar-refractivity contribution in [2.24, 2.45) is 19.0 Å². The standard InChI is InChI=1S/C19H16F3N3O5S.C19H17F2N3O5S/c1-19(2)10-15(23-30-19)31(29,17(22)16-13(20)4-3-5-14(16)21)24-18(26)11-6-8-12(9-7-11)25(27)28;1-19(2)10-17(22-29-19)30(28,11-14-15(20)4-3-5-16(14)21)23-18(25)12-6-8-13(9-7-12)24(26)27/h3-9,17H,10H2,1-2H3;3-9H,10-11H2,1-2H3. The summed E-state index contributed by atoms with van der Waals surface area (Å²) in [5.74, 6) is -7.36. The van der Waals surface area contributed by atoms with E-state index in [4.69, 9.17) is 9.68 Å². The third-order valence-corrected chi connectivity index (χ3v) is 12.9. The van der Waals surface area contributed by atoms with Gasteiger partial charge in [0.25, 0.3) is 23.2 Å². The van der Waals surface area contributed by atoms with Gasteiger partial charge in [0, 0.05) is 53.8 Å². The summed E-state index contributed by atoms with van der Waals surface area (Å²) < 4.78 is 107. The quantitative estimate of drug-likeness (QED) is 0.0928. The molecule has 3 unspecified atom stereocenters. The molecule has 23 heteroatoms. The second kappa shape index (κ2) is 17.6. The SMILES string of the molecule is CC1(C)CC(S(=O)(=NC(=O)c2ccc([N+](=O)[O-])cc2)C(F)c2c(F)cccc2F)=NO1.CC1(C)CC(S(=O)(Cc2c(F)cccc2F)=NC(=O)c2ccc([N+](=O)[O-])cc2)=NO1. The molecule has 2 amide bonds. The maximum absolute atomic E-state index is 15.4. The van der Waals surface area contributed by atoms with E-state index in [0.717, 1.165) is 84.9 Å². The highest BCUT2D eigenvalue weighted by molar-refractivity contribution is 8.08. The second-order valence-corrected chi connectivity index (χ2v) is 18.9. The minimum Gasteiger partial charge on any atom is -0.389 e. The first-order chi connectivity index (χ1) is 28.4. The molecule has 0 saturated heterocycles. The van der Waals surface area contributed by atoms with Crippen LogP contribution in [-0.4, -0.2) is 51.4 Å². The zero-order valence-electron chi connectivity index (χ0n) is 32.3. The molecule has 3 atom stereocenters. The van der Waals surface area contributed by atoms with Crippen LogP contribution in [0.5, 0.6) is 0 Å². The molecule has 322 valence electrons. The smallest absolute Gasteiger partial charge is 0.285 e. The third-order valence-electron chi connectivity index (χ3n) is 8.66. The van der Waals surface area contributed by atoms with E-state index in [-0.39, 0.29) is 40.4 Å². The number of hydrogen-bond donors (Lipinski definition) is 0. The fourth-order valence-corrected chi connectivity index (χ4v) is 9.62. The summed E-state index contributed by atoms with van der Waals surface area (Å²) in [6, 6.07) is 14.3. The van der Waals surface area contributed by atoms with Crippen molar-refractivity contribution in [3.63, 3.8) is 0 Å². The molecule has 0 aliphatic carbocycles. The molecule has 6 rings (SSSR count). The lowest BCUT2D eigenvalue weighted by atomic mass is 10.1. The number of nitrogens with zero attached hydrogens (tertiary/aromatic N) is 6. The van der Waals surface area contributed by atoms with Crippen molar-refractivity contribution < 1.29 is 59.5 Å². The molecule has 4 aromatic carbocycles. The van der Waals surface area contributed by atoms with Crippen LogP contribution in [0.15, 0.2) is 104 Å². The Hall–Kier alpha value is -6.49. The van der Waals surface area contributed by atoms with Gasteiger partial charge in [0.15, 0.2) is 10.1 Å². The van der Waals surface area contributed by atoms with E-state index in [1.54, 1.807) is 27.7 Å². The Balaban J connectivity index is 0.000000231. The molecule has 2 heterocycles. The third kappa shape index (κ3) is 10.5. The van der Waals surface area contributed by atoms with Gasteiger partial charge in [0.2, 0.25) is 5.50 Å². The van der Waals surface area contributed by atoms with Crippen LogP contribution in [0.2, 0.25) is 0 Å². The van der Waals surface area contributed by atoms with Crippen molar-refractivity contribution in [1.82, 2.24) is 0 Å². The topological polar surface area (TPSA) is 222 Å². The second-order valence-electron chi connectivity index (χ2n) is 14.4. The average Bonchev–Trinajstić information content (AvgIpc) is 3.77. The number of carbonyl (C=O) groups is 2. The molecule has 0 spiro atoms. The highest BCUT2D eigenvalue weighted by atomic mass is 32.2. The maximum Gasteiger partial charge on any atom is 0.285 e. The van der Waals surface area contributed by atoms with E-state index < -0.39 is 103 Å². The summed E-state index contributed by atoms with van der Waals surface area (Å²) in [6.45, 7) is 6.45. The van der Waals surface area contributed by atoms with Crippen LogP contribution >= 0.6 is 0 Å². The number of carbonyl (C=O) groups excluding carboxylic acids is 2. The van der Waals surface area contributed by atoms with E-state index in [1.807, 2.05) is 0 Å². The minimum absolute atomic E-state index is 0.0406. The highest BCUT2D eigenvalue weighted by Gasteiger charge is 2.42. The number of rotatable bonds is 8. The molecule has 2 aliphatic rings. The van der Waals surface area contributed by atoms with Gasteiger partial charge in [-0.15, -0.1) is 4.36 Å². The van der Waals surface area contributed by atoms with Crippen molar-refractivity contribution >= 4 is 52.7 Å². The Kier molecular flexibility index (Phi) is 13.2. The van der Waals surface area contributed by atoms with E-state index in [9.17, 15) is 55.8 Å². The molecule has 2 aliphatic heterocycles. The molecule has 4 aromatic rings. The van der Waals surface area contributed by atoms with Crippen molar-refractivity contribution in [3.05, 3.63) is 151 Å². The van der Waals surface area contributed by atoms with Gasteiger partial charge in [0.05, 0.1) is 21.2 Å². The Morgan fingerprint density at radius 1 is 0.689 bits per heavy atom. The number of benzene rings is 4. The number of amides is 2. The summed E-state index contributed by atoms with van der Waals surface area (Å²) >= 11 is 0. The van der Waals surface area contributed by atoms with Gasteiger partial charge in [-0.25, -0.2) is 30.4 Å². The molecule has 0 aromatic heterocycles. The van der Waals surface area contributed by atoms with Crippen LogP contribution in [-0.2, 0) is 34.9 Å². The van der Waals surface area contributed by atoms with E-state index in [1.165, 1.54) is 0 Å². The summed E-state index contributed by atoms with van der Waals surface area (Å²) in [4.78, 5) is 55.7. The Morgan fingerprint density at radius 2 is 1.08 bits per heavy atom. The van der Waals surface area contributed by atoms with Crippen LogP contribution in [0.4, 0.5) is 33.3 Å². The van der Waals surface area contributed by atoms with Gasteiger partial charge < -0.3 is 9.68 Å². The predicted octanol–water partition coefficient (Wildman–Crippen LogP) is 8.86. The number of alkyl halides is 1. The van der Waals surface area contributed by atoms with Gasteiger partial charge in [0.1, 0.15) is 53.9 Å². The monoisotopic (exact) mass is 892 g/mol. The number of nitro benzene ring substituents is 2. The minimum atomic E-state index is -4.47. The van der Waals surface area contributed by atoms with E-state index >= 15 is 4.39 Å². The highest BCUT2D eigenvalue weighted by Crippen LogP contribution is 2.37. The molecule has 0 fully saturated rings. The molecular formula is C38H33F5N6O10S2. The zero-order chi connectivity index (χ0) is 45.1. The van der Waals surface area contributed by atoms with Gasteiger partial charge in [-0.05, 0) is 76.2 Å². The van der Waals surface area contributed by atoms with Crippen LogP contribution in [0.3, 0.4) is 0 Å². The van der Waals surface area contributed by atoms with Crippen molar-refractivity contribution in [2.75, 3.05) is 0 Å². The van der Waals surface area contributed by atoms with Crippen molar-refractivity contribution in [3.8, 4) is 0 Å². The Morgan fingerprint density at radius 3 is 1.48 bits per heavy atom. The van der Waals surface area contributed by atoms with Gasteiger partial charge in [-0.3, -0.25) is 29.8 Å². The zero-order valence-corrected chi connectivity index (χ0v) is 33.9. The summed E-state index contributed by atoms with van der Waals surface area (Å²) in [6.07, 6.45) is -0.168.